The van der Waals surface area contributed by atoms with Crippen molar-refractivity contribution in [3.05, 3.63) is 0 Å². The van der Waals surface area contributed by atoms with E-state index in [1.165, 1.54) is 0 Å². The molecule has 0 unspecified atom stereocenters. The van der Waals surface area contributed by atoms with E-state index in [-0.39, 0.29) is 55.5 Å². The average molecular weight is 142 g/mol. The molecule has 0 heterocycles. The van der Waals surface area contributed by atoms with Crippen molar-refractivity contribution in [3.8, 4) is 0 Å². The number of hydrogen-bond donors (Lipinski definition) is 0. The minimum atomic E-state index is 0. The van der Waals surface area contributed by atoms with Gasteiger partial charge in [0, 0.05) is 0 Å². The Morgan fingerprint density at radius 3 is 0.375 bits per heavy atom. The van der Waals surface area contributed by atoms with Crippen LogP contribution in [0.1, 0.15) is 0 Å². The number of halogens is 6. The molecular weight excluding hydrogens is 132 g/mol. The summed E-state index contributed by atoms with van der Waals surface area (Å²) in [6, 6.07) is 0. The summed E-state index contributed by atoms with van der Waals surface area (Å²) in [5.41, 5.74) is 0. The standard InChI is InChI=1S/BH3.6FH.Li.H/h1H3;6*1H;;. The van der Waals surface area contributed by atoms with Gasteiger partial charge in [-0.25, -0.2) is 0 Å². The second kappa shape index (κ2) is 4810. The van der Waals surface area contributed by atoms with Crippen molar-refractivity contribution in [2.75, 3.05) is 0 Å². The molecule has 0 bridgehead atoms. The molecule has 0 aromatic carbocycles. The van der Waals surface area contributed by atoms with Crippen molar-refractivity contribution in [3.63, 3.8) is 0 Å². The van der Waals surface area contributed by atoms with Crippen molar-refractivity contribution >= 4 is 27.3 Å². The van der Waals surface area contributed by atoms with Crippen LogP contribution >= 0.6 is 0 Å². The van der Waals surface area contributed by atoms with E-state index in [1.54, 1.807) is 0 Å². The molecular formula is H10BF6Li. The fourth-order valence-electron chi connectivity index (χ4n) is 0. The molecule has 0 radical (unpaired) electrons. The predicted molar refractivity (Wildman–Crippen MR) is 32.1 cm³/mol. The van der Waals surface area contributed by atoms with Gasteiger partial charge in [-0.2, -0.15) is 0 Å². The summed E-state index contributed by atoms with van der Waals surface area (Å²) in [4.78, 5) is 0. The summed E-state index contributed by atoms with van der Waals surface area (Å²) in [5.74, 6) is 0. The van der Waals surface area contributed by atoms with E-state index in [4.69, 9.17) is 0 Å². The van der Waals surface area contributed by atoms with Crippen molar-refractivity contribution in [1.82, 2.24) is 0 Å². The van der Waals surface area contributed by atoms with Crippen LogP contribution in [0.25, 0.3) is 0 Å². The van der Waals surface area contributed by atoms with Crippen LogP contribution in [-0.2, 0) is 0 Å². The molecule has 0 aliphatic rings. The fraction of sp³-hybridized carbons (Fsp3) is 0. The Labute approximate surface area is 56.4 Å². The van der Waals surface area contributed by atoms with Gasteiger partial charge in [-0.15, -0.1) is 0 Å². The van der Waals surface area contributed by atoms with Gasteiger partial charge in [-0.1, -0.05) is 0 Å². The zero-order chi connectivity index (χ0) is 0. The first-order valence-electron chi connectivity index (χ1n) is 0. The average Bonchev–Trinajstić information content (AvgIpc) is 0. The predicted octanol–water partition coefficient (Wildman–Crippen LogP) is -0.917. The van der Waals surface area contributed by atoms with Crippen LogP contribution in [-0.4, -0.2) is 27.3 Å². The van der Waals surface area contributed by atoms with Crippen molar-refractivity contribution < 1.29 is 28.2 Å². The van der Waals surface area contributed by atoms with E-state index < -0.39 is 0 Å². The molecule has 0 spiro atoms. The Morgan fingerprint density at radius 2 is 0.375 bits per heavy atom. The summed E-state index contributed by atoms with van der Waals surface area (Å²) in [6.07, 6.45) is 0. The molecule has 0 aromatic heterocycles. The Bertz CT molecular complexity index is 8.49. The molecule has 0 nitrogen and oxygen atoms in total. The van der Waals surface area contributed by atoms with Gasteiger partial charge in [0.1, 0.15) is 0 Å². The second-order valence-corrected chi connectivity index (χ2v) is 0. The SMILES string of the molecule is B.F.F.F.F.F.F.[LiH]. The summed E-state index contributed by atoms with van der Waals surface area (Å²) in [7, 11) is 0. The molecule has 0 aliphatic carbocycles. The molecule has 0 N–H and O–H groups in total. The van der Waals surface area contributed by atoms with Crippen LogP contribution in [0, 0.1) is 0 Å². The van der Waals surface area contributed by atoms with E-state index in [1.807, 2.05) is 0 Å². The number of rotatable bonds is 0. The summed E-state index contributed by atoms with van der Waals surface area (Å²) < 4.78 is 0. The molecule has 0 saturated heterocycles. The van der Waals surface area contributed by atoms with Gasteiger partial charge >= 0.3 is 18.9 Å². The van der Waals surface area contributed by atoms with Crippen LogP contribution in [0.15, 0.2) is 0 Å². The van der Waals surface area contributed by atoms with Crippen LogP contribution < -0.4 is 0 Å². The van der Waals surface area contributed by atoms with Gasteiger partial charge in [0.2, 0.25) is 0 Å². The maximum atomic E-state index is 0. The van der Waals surface area contributed by atoms with Crippen LogP contribution in [0.5, 0.6) is 0 Å². The monoisotopic (exact) mass is 142 g/mol. The van der Waals surface area contributed by atoms with Gasteiger partial charge < -0.3 is 0 Å². The molecule has 8 heteroatoms. The van der Waals surface area contributed by atoms with Gasteiger partial charge in [-0.05, 0) is 0 Å². The molecule has 56 valence electrons. The van der Waals surface area contributed by atoms with Gasteiger partial charge in [0.15, 0.2) is 0 Å². The first-order valence-corrected chi connectivity index (χ1v) is 0. The molecule has 0 aromatic rings. The second-order valence-electron chi connectivity index (χ2n) is 0. The molecule has 0 fully saturated rings. The molecule has 0 atom stereocenters. The first-order chi connectivity index (χ1) is 0. The molecule has 0 aliphatic heterocycles. The van der Waals surface area contributed by atoms with Gasteiger partial charge in [0.25, 0.3) is 0 Å². The quantitative estimate of drug-likeness (QED) is 0.303. The molecule has 0 saturated carbocycles. The van der Waals surface area contributed by atoms with Crippen LogP contribution in [0.4, 0.5) is 28.2 Å². The normalized spacial score (nSPS) is 0. The third-order valence-corrected chi connectivity index (χ3v) is 0. The Kier molecular flexibility index (Phi) is 4420000. The third-order valence-electron chi connectivity index (χ3n) is 0. The van der Waals surface area contributed by atoms with Crippen LogP contribution in [0.3, 0.4) is 0 Å². The van der Waals surface area contributed by atoms with E-state index in [0.29, 0.717) is 0 Å². The summed E-state index contributed by atoms with van der Waals surface area (Å²) in [6.45, 7) is 0. The summed E-state index contributed by atoms with van der Waals surface area (Å²) >= 11 is 0. The first kappa shape index (κ1) is 7360. The zero-order valence-corrected chi connectivity index (χ0v) is 2.45. The maximum absolute atomic E-state index is 0. The topological polar surface area (TPSA) is 0 Å². The molecule has 0 rings (SSSR count). The van der Waals surface area contributed by atoms with Crippen molar-refractivity contribution in [2.24, 2.45) is 0 Å². The van der Waals surface area contributed by atoms with Crippen molar-refractivity contribution in [1.29, 1.82) is 0 Å². The van der Waals surface area contributed by atoms with Gasteiger partial charge in [0.05, 0.1) is 8.41 Å². The number of hydrogen-bond acceptors (Lipinski definition) is 0. The third kappa shape index (κ3) is 2920. The molecule has 8 heavy (non-hydrogen) atoms. The van der Waals surface area contributed by atoms with E-state index in [2.05, 4.69) is 0 Å². The van der Waals surface area contributed by atoms with E-state index >= 15 is 0 Å². The van der Waals surface area contributed by atoms with Crippen molar-refractivity contribution in [2.45, 2.75) is 0 Å². The zero-order valence-electron chi connectivity index (χ0n) is 2.45. The van der Waals surface area contributed by atoms with Crippen LogP contribution in [0.2, 0.25) is 0 Å². The van der Waals surface area contributed by atoms with E-state index in [0.717, 1.165) is 0 Å². The molecule has 0 amide bonds. The van der Waals surface area contributed by atoms with Gasteiger partial charge in [-0.3, -0.25) is 28.2 Å². The minimum absolute atomic E-state index is 0. The van der Waals surface area contributed by atoms with E-state index in [9.17, 15) is 0 Å². The summed E-state index contributed by atoms with van der Waals surface area (Å²) in [5, 5.41) is 0. The fourth-order valence-corrected chi connectivity index (χ4v) is 0. The Balaban J connectivity index is 0. The Hall–Kier alpha value is 0.242. The Morgan fingerprint density at radius 1 is 0.375 bits per heavy atom.